The van der Waals surface area contributed by atoms with E-state index < -0.39 is 0 Å². The van der Waals surface area contributed by atoms with Crippen LogP contribution in [0.1, 0.15) is 31.6 Å². The van der Waals surface area contributed by atoms with E-state index in [1.165, 1.54) is 24.6 Å². The Morgan fingerprint density at radius 1 is 1.33 bits per heavy atom. The number of anilines is 1. The van der Waals surface area contributed by atoms with Crippen molar-refractivity contribution in [2.24, 2.45) is 0 Å². The lowest BCUT2D eigenvalue weighted by atomic mass is 10.3. The normalized spacial score (nSPS) is 15.5. The fourth-order valence-corrected chi connectivity index (χ4v) is 3.47. The van der Waals surface area contributed by atoms with Gasteiger partial charge in [0.05, 0.1) is 5.75 Å². The Bertz CT molecular complexity index is 773. The minimum atomic E-state index is -0.0812. The number of benzene rings is 1. The molecule has 1 saturated carbocycles. The lowest BCUT2D eigenvalue weighted by Crippen LogP contribution is -2.14. The fraction of sp³-hybridized carbons (Fsp3) is 0.438. The van der Waals surface area contributed by atoms with Crippen molar-refractivity contribution in [3.63, 3.8) is 0 Å². The van der Waals surface area contributed by atoms with Gasteiger partial charge in [0.15, 0.2) is 16.7 Å². The number of carbonyl (C=O) groups is 1. The van der Waals surface area contributed by atoms with E-state index in [-0.39, 0.29) is 12.7 Å². The Morgan fingerprint density at radius 3 is 2.96 bits per heavy atom. The molecule has 2 aliphatic rings. The molecule has 0 saturated heterocycles. The van der Waals surface area contributed by atoms with Gasteiger partial charge in [0, 0.05) is 24.2 Å². The average Bonchev–Trinajstić information content (AvgIpc) is 3.17. The summed E-state index contributed by atoms with van der Waals surface area (Å²) >= 11 is 1.43. The van der Waals surface area contributed by atoms with Crippen LogP contribution in [-0.2, 0) is 11.2 Å². The van der Waals surface area contributed by atoms with Crippen LogP contribution in [0.4, 0.5) is 5.69 Å². The van der Waals surface area contributed by atoms with Crippen molar-refractivity contribution < 1.29 is 14.3 Å². The predicted molar refractivity (Wildman–Crippen MR) is 89.6 cm³/mol. The first-order valence-electron chi connectivity index (χ1n) is 8.00. The summed E-state index contributed by atoms with van der Waals surface area (Å²) in [6, 6.07) is 5.88. The lowest BCUT2D eigenvalue weighted by molar-refractivity contribution is -0.113. The van der Waals surface area contributed by atoms with Crippen molar-refractivity contribution in [2.45, 2.75) is 37.4 Å². The van der Waals surface area contributed by atoms with Gasteiger partial charge in [-0.1, -0.05) is 18.7 Å². The molecule has 1 fully saturated rings. The SMILES string of the molecule is CCc1nnc(SCC(=O)Nc2ccc3c(c2)OCO3)n1C1CC1. The second kappa shape index (κ2) is 6.35. The molecule has 1 N–H and O–H groups in total. The van der Waals surface area contributed by atoms with Gasteiger partial charge < -0.3 is 19.4 Å². The number of nitrogens with zero attached hydrogens (tertiary/aromatic N) is 3. The Hall–Kier alpha value is -2.22. The van der Waals surface area contributed by atoms with E-state index in [9.17, 15) is 4.79 Å². The van der Waals surface area contributed by atoms with Crippen LogP contribution in [0, 0.1) is 0 Å². The maximum absolute atomic E-state index is 12.2. The number of carbonyl (C=O) groups excluding carboxylic acids is 1. The van der Waals surface area contributed by atoms with E-state index in [0.717, 1.165) is 17.4 Å². The first kappa shape index (κ1) is 15.3. The molecule has 0 unspecified atom stereocenters. The van der Waals surface area contributed by atoms with Crippen molar-refractivity contribution in [3.05, 3.63) is 24.0 Å². The Labute approximate surface area is 143 Å². The highest BCUT2D eigenvalue weighted by Gasteiger charge is 2.29. The van der Waals surface area contributed by atoms with Gasteiger partial charge in [0.2, 0.25) is 12.7 Å². The Morgan fingerprint density at radius 2 is 2.17 bits per heavy atom. The number of fused-ring (bicyclic) bond motifs is 1. The van der Waals surface area contributed by atoms with Crippen molar-refractivity contribution in [3.8, 4) is 11.5 Å². The molecule has 1 aromatic heterocycles. The number of nitrogens with one attached hydrogen (secondary N) is 1. The van der Waals surface area contributed by atoms with Crippen molar-refractivity contribution in [2.75, 3.05) is 17.9 Å². The Kier molecular flexibility index (Phi) is 4.05. The molecule has 1 aliphatic heterocycles. The van der Waals surface area contributed by atoms with Crippen LogP contribution in [-0.4, -0.2) is 33.2 Å². The highest BCUT2D eigenvalue weighted by molar-refractivity contribution is 7.99. The van der Waals surface area contributed by atoms with Gasteiger partial charge in [-0.25, -0.2) is 0 Å². The molecule has 1 aliphatic carbocycles. The first-order valence-corrected chi connectivity index (χ1v) is 8.99. The Balaban J connectivity index is 1.38. The molecule has 4 rings (SSSR count). The lowest BCUT2D eigenvalue weighted by Gasteiger charge is -2.08. The van der Waals surface area contributed by atoms with Gasteiger partial charge in [-0.3, -0.25) is 4.79 Å². The molecular weight excluding hydrogens is 328 g/mol. The average molecular weight is 346 g/mol. The number of ether oxygens (including phenoxy) is 2. The summed E-state index contributed by atoms with van der Waals surface area (Å²) in [4.78, 5) is 12.2. The molecule has 126 valence electrons. The van der Waals surface area contributed by atoms with E-state index in [1.807, 2.05) is 0 Å². The third-order valence-corrected chi connectivity index (χ3v) is 4.90. The van der Waals surface area contributed by atoms with Crippen molar-refractivity contribution >= 4 is 23.4 Å². The quantitative estimate of drug-likeness (QED) is 0.810. The third-order valence-electron chi connectivity index (χ3n) is 3.95. The first-order chi connectivity index (χ1) is 11.7. The molecule has 1 aromatic carbocycles. The molecule has 1 amide bonds. The summed E-state index contributed by atoms with van der Waals surface area (Å²) in [5.74, 6) is 2.56. The van der Waals surface area contributed by atoms with E-state index >= 15 is 0 Å². The second-order valence-corrected chi connectivity index (χ2v) is 6.70. The number of aryl methyl sites for hydroxylation is 1. The maximum atomic E-state index is 12.2. The molecule has 7 nitrogen and oxygen atoms in total. The van der Waals surface area contributed by atoms with Crippen LogP contribution in [0.2, 0.25) is 0 Å². The molecule has 2 heterocycles. The molecule has 0 bridgehead atoms. The van der Waals surface area contributed by atoms with Crippen LogP contribution in [0.5, 0.6) is 11.5 Å². The second-order valence-electron chi connectivity index (χ2n) is 5.76. The summed E-state index contributed by atoms with van der Waals surface area (Å²) in [6.45, 7) is 2.29. The van der Waals surface area contributed by atoms with Crippen LogP contribution >= 0.6 is 11.8 Å². The van der Waals surface area contributed by atoms with Gasteiger partial charge in [0.1, 0.15) is 5.82 Å². The molecule has 24 heavy (non-hydrogen) atoms. The van der Waals surface area contributed by atoms with Gasteiger partial charge in [-0.15, -0.1) is 10.2 Å². The fourth-order valence-electron chi connectivity index (χ4n) is 2.65. The maximum Gasteiger partial charge on any atom is 0.234 e. The predicted octanol–water partition coefficient (Wildman–Crippen LogP) is 2.63. The summed E-state index contributed by atoms with van der Waals surface area (Å²) in [5, 5.41) is 12.2. The topological polar surface area (TPSA) is 78.3 Å². The van der Waals surface area contributed by atoms with E-state index in [4.69, 9.17) is 9.47 Å². The van der Waals surface area contributed by atoms with Crippen LogP contribution in [0.15, 0.2) is 23.4 Å². The van der Waals surface area contributed by atoms with Gasteiger partial charge in [-0.2, -0.15) is 0 Å². The number of hydrogen-bond acceptors (Lipinski definition) is 6. The standard InChI is InChI=1S/C16H18N4O3S/c1-2-14-18-19-16(20(14)11-4-5-11)24-8-15(21)17-10-3-6-12-13(7-10)23-9-22-12/h3,6-7,11H,2,4-5,8-9H2,1H3,(H,17,21). The molecule has 0 atom stereocenters. The molecule has 2 aromatic rings. The largest absolute Gasteiger partial charge is 0.454 e. The highest BCUT2D eigenvalue weighted by atomic mass is 32.2. The van der Waals surface area contributed by atoms with Gasteiger partial charge in [-0.05, 0) is 25.0 Å². The van der Waals surface area contributed by atoms with Gasteiger partial charge in [0.25, 0.3) is 0 Å². The zero-order valence-corrected chi connectivity index (χ0v) is 14.1. The van der Waals surface area contributed by atoms with Crippen LogP contribution < -0.4 is 14.8 Å². The van der Waals surface area contributed by atoms with E-state index in [0.29, 0.717) is 29.0 Å². The summed E-state index contributed by atoms with van der Waals surface area (Å²) in [6.07, 6.45) is 3.19. The van der Waals surface area contributed by atoms with Crippen LogP contribution in [0.25, 0.3) is 0 Å². The van der Waals surface area contributed by atoms with Crippen molar-refractivity contribution in [1.29, 1.82) is 0 Å². The minimum Gasteiger partial charge on any atom is -0.454 e. The molecule has 0 radical (unpaired) electrons. The zero-order valence-electron chi connectivity index (χ0n) is 13.3. The monoisotopic (exact) mass is 346 g/mol. The number of hydrogen-bond donors (Lipinski definition) is 1. The van der Waals surface area contributed by atoms with Crippen LogP contribution in [0.3, 0.4) is 0 Å². The smallest absolute Gasteiger partial charge is 0.234 e. The molecular formula is C16H18N4O3S. The molecule has 0 spiro atoms. The number of aromatic nitrogens is 3. The number of rotatable bonds is 6. The molecule has 8 heteroatoms. The van der Waals surface area contributed by atoms with Crippen molar-refractivity contribution in [1.82, 2.24) is 14.8 Å². The summed E-state index contributed by atoms with van der Waals surface area (Å²) in [5.41, 5.74) is 0.697. The number of thioether (sulfide) groups is 1. The highest BCUT2D eigenvalue weighted by Crippen LogP contribution is 2.39. The third kappa shape index (κ3) is 3.06. The van der Waals surface area contributed by atoms with E-state index in [1.54, 1.807) is 18.2 Å². The van der Waals surface area contributed by atoms with Gasteiger partial charge >= 0.3 is 0 Å². The minimum absolute atomic E-state index is 0.0812. The summed E-state index contributed by atoms with van der Waals surface area (Å²) < 4.78 is 12.8. The summed E-state index contributed by atoms with van der Waals surface area (Å²) in [7, 11) is 0. The van der Waals surface area contributed by atoms with E-state index in [2.05, 4.69) is 27.0 Å². The number of amides is 1. The zero-order chi connectivity index (χ0) is 16.5.